The van der Waals surface area contributed by atoms with Crippen LogP contribution in [0.1, 0.15) is 30.7 Å². The maximum absolute atomic E-state index is 12.0. The smallest absolute Gasteiger partial charge is 0.322 e. The summed E-state index contributed by atoms with van der Waals surface area (Å²) in [6.07, 6.45) is 2.82. The van der Waals surface area contributed by atoms with Gasteiger partial charge >= 0.3 is 5.97 Å². The van der Waals surface area contributed by atoms with Gasteiger partial charge in [0.15, 0.2) is 0 Å². The number of fused-ring (bicyclic) bond motifs is 1. The molecule has 2 aromatic rings. The van der Waals surface area contributed by atoms with Crippen LogP contribution in [-0.4, -0.2) is 30.3 Å². The van der Waals surface area contributed by atoms with Gasteiger partial charge in [0.2, 0.25) is 0 Å². The van der Waals surface area contributed by atoms with Gasteiger partial charge in [0.1, 0.15) is 11.8 Å². The summed E-state index contributed by atoms with van der Waals surface area (Å²) in [4.78, 5) is 12.0. The highest BCUT2D eigenvalue weighted by Gasteiger charge is 2.50. The van der Waals surface area contributed by atoms with Gasteiger partial charge in [-0.15, -0.1) is 0 Å². The number of halogens is 2. The van der Waals surface area contributed by atoms with E-state index in [0.717, 1.165) is 36.3 Å². The molecule has 4 rings (SSSR count). The topological polar surface area (TPSA) is 61.8 Å². The van der Waals surface area contributed by atoms with Crippen LogP contribution in [-0.2, 0) is 4.79 Å². The van der Waals surface area contributed by atoms with Crippen molar-refractivity contribution in [2.45, 2.75) is 37.3 Å². The number of hydrogen-bond acceptors (Lipinski definition) is 4. The normalized spacial score (nSPS) is 26.8. The maximum Gasteiger partial charge on any atom is 0.322 e. The first-order valence-corrected chi connectivity index (χ1v) is 10.1. The van der Waals surface area contributed by atoms with Crippen molar-refractivity contribution in [3.8, 4) is 5.75 Å². The molecule has 0 amide bonds. The second-order valence-electron chi connectivity index (χ2n) is 7.38. The number of hydrazine groups is 1. The van der Waals surface area contributed by atoms with Gasteiger partial charge in [-0.25, -0.2) is 5.43 Å². The van der Waals surface area contributed by atoms with E-state index in [2.05, 4.69) is 11.5 Å². The zero-order valence-corrected chi connectivity index (χ0v) is 17.0. The zero-order valence-electron chi connectivity index (χ0n) is 15.4. The van der Waals surface area contributed by atoms with Crippen LogP contribution in [0.25, 0.3) is 0 Å². The standard InChI is InChI=1S/C21H22Cl2N2O3/c1-28-14-5-2-4-12(10-14)15-6-3-7-16-19(21(26)27)24-25(20(15)16)18-9-8-13(22)11-17(18)23/h2,4-5,8-11,15-16,19-20,24H,3,6-7H2,1H3,(H,26,27). The van der Waals surface area contributed by atoms with Crippen molar-refractivity contribution in [1.29, 1.82) is 0 Å². The molecule has 5 nitrogen and oxygen atoms in total. The maximum atomic E-state index is 12.0. The predicted molar refractivity (Wildman–Crippen MR) is 110 cm³/mol. The molecule has 2 aliphatic rings. The van der Waals surface area contributed by atoms with Crippen molar-refractivity contribution >= 4 is 34.9 Å². The molecular formula is C21H22Cl2N2O3. The summed E-state index contributed by atoms with van der Waals surface area (Å²) in [6.45, 7) is 0. The minimum Gasteiger partial charge on any atom is -0.497 e. The van der Waals surface area contributed by atoms with Crippen LogP contribution >= 0.6 is 23.2 Å². The zero-order chi connectivity index (χ0) is 19.8. The molecule has 148 valence electrons. The molecule has 0 radical (unpaired) electrons. The molecule has 1 heterocycles. The number of nitrogens with zero attached hydrogens (tertiary/aromatic N) is 1. The highest BCUT2D eigenvalue weighted by molar-refractivity contribution is 6.36. The summed E-state index contributed by atoms with van der Waals surface area (Å²) in [7, 11) is 1.65. The quantitative estimate of drug-likeness (QED) is 0.748. The fraction of sp³-hybridized carbons (Fsp3) is 0.381. The Morgan fingerprint density at radius 1 is 1.21 bits per heavy atom. The van der Waals surface area contributed by atoms with Crippen LogP contribution in [0.15, 0.2) is 42.5 Å². The Balaban J connectivity index is 1.78. The van der Waals surface area contributed by atoms with E-state index in [0.29, 0.717) is 10.0 Å². The van der Waals surface area contributed by atoms with Gasteiger partial charge in [-0.3, -0.25) is 4.79 Å². The van der Waals surface area contributed by atoms with Gasteiger partial charge in [0.25, 0.3) is 0 Å². The average Bonchev–Trinajstić information content (AvgIpc) is 3.08. The number of anilines is 1. The van der Waals surface area contributed by atoms with E-state index in [1.165, 1.54) is 0 Å². The molecule has 4 unspecified atom stereocenters. The summed E-state index contributed by atoms with van der Waals surface area (Å²) in [6, 6.07) is 12.7. The average molecular weight is 421 g/mol. The number of aliphatic carboxylic acids is 1. The number of benzene rings is 2. The molecule has 2 fully saturated rings. The van der Waals surface area contributed by atoms with E-state index in [-0.39, 0.29) is 17.9 Å². The first kappa shape index (κ1) is 19.4. The summed E-state index contributed by atoms with van der Waals surface area (Å²) in [5, 5.41) is 12.8. The van der Waals surface area contributed by atoms with Gasteiger partial charge in [0, 0.05) is 16.9 Å². The molecule has 28 heavy (non-hydrogen) atoms. The lowest BCUT2D eigenvalue weighted by molar-refractivity contribution is -0.140. The third-order valence-electron chi connectivity index (χ3n) is 5.87. The van der Waals surface area contributed by atoms with Crippen LogP contribution < -0.4 is 15.2 Å². The molecule has 0 bridgehead atoms. The summed E-state index contributed by atoms with van der Waals surface area (Å²) < 4.78 is 5.40. The Kier molecular flexibility index (Phi) is 5.41. The fourth-order valence-electron chi connectivity index (χ4n) is 4.66. The minimum atomic E-state index is -0.839. The number of ether oxygens (including phenoxy) is 1. The lowest BCUT2D eigenvalue weighted by atomic mass is 9.72. The summed E-state index contributed by atoms with van der Waals surface area (Å²) in [5.41, 5.74) is 5.11. The highest BCUT2D eigenvalue weighted by atomic mass is 35.5. The van der Waals surface area contributed by atoms with Crippen LogP contribution in [0.3, 0.4) is 0 Å². The number of rotatable bonds is 4. The van der Waals surface area contributed by atoms with Crippen molar-refractivity contribution < 1.29 is 14.6 Å². The molecule has 7 heteroatoms. The Morgan fingerprint density at radius 2 is 2.04 bits per heavy atom. The van der Waals surface area contributed by atoms with Crippen LogP contribution in [0.5, 0.6) is 5.75 Å². The van der Waals surface area contributed by atoms with E-state index in [1.807, 2.05) is 29.3 Å². The minimum absolute atomic E-state index is 0.0193. The van der Waals surface area contributed by atoms with Crippen molar-refractivity contribution in [2.75, 3.05) is 12.1 Å². The Hall–Kier alpha value is -1.95. The second kappa shape index (κ2) is 7.82. The van der Waals surface area contributed by atoms with E-state index >= 15 is 0 Å². The molecule has 2 N–H and O–H groups in total. The molecular weight excluding hydrogens is 399 g/mol. The third kappa shape index (κ3) is 3.43. The van der Waals surface area contributed by atoms with E-state index in [1.54, 1.807) is 19.2 Å². The van der Waals surface area contributed by atoms with Gasteiger partial charge in [0.05, 0.1) is 23.9 Å². The second-order valence-corrected chi connectivity index (χ2v) is 8.22. The summed E-state index contributed by atoms with van der Waals surface area (Å²) in [5.74, 6) is 0.108. The molecule has 1 saturated carbocycles. The first-order chi connectivity index (χ1) is 13.5. The number of nitrogens with one attached hydrogen (secondary N) is 1. The number of hydrogen-bond donors (Lipinski definition) is 2. The lowest BCUT2D eigenvalue weighted by Crippen LogP contribution is -2.44. The van der Waals surface area contributed by atoms with Gasteiger partial charge in [-0.2, -0.15) is 0 Å². The molecule has 1 aliphatic carbocycles. The first-order valence-electron chi connectivity index (χ1n) is 9.37. The Labute approximate surface area is 174 Å². The van der Waals surface area contributed by atoms with Crippen LogP contribution in [0.2, 0.25) is 10.0 Å². The molecule has 0 spiro atoms. The predicted octanol–water partition coefficient (Wildman–Crippen LogP) is 4.73. The lowest BCUT2D eigenvalue weighted by Gasteiger charge is -2.39. The van der Waals surface area contributed by atoms with Crippen LogP contribution in [0.4, 0.5) is 5.69 Å². The SMILES string of the molecule is COc1cccc(C2CCCC3C(C(=O)O)NN(c4ccc(Cl)cc4Cl)C23)c1. The number of methoxy groups -OCH3 is 1. The fourth-order valence-corrected chi connectivity index (χ4v) is 5.16. The number of carboxylic acids is 1. The monoisotopic (exact) mass is 420 g/mol. The Bertz CT molecular complexity index is 892. The summed E-state index contributed by atoms with van der Waals surface area (Å²) >= 11 is 12.5. The molecule has 2 aromatic carbocycles. The largest absolute Gasteiger partial charge is 0.497 e. The third-order valence-corrected chi connectivity index (χ3v) is 6.40. The van der Waals surface area contributed by atoms with Crippen molar-refractivity contribution in [3.63, 3.8) is 0 Å². The van der Waals surface area contributed by atoms with Gasteiger partial charge in [-0.05, 0) is 48.7 Å². The van der Waals surface area contributed by atoms with Crippen molar-refractivity contribution in [2.24, 2.45) is 5.92 Å². The van der Waals surface area contributed by atoms with E-state index < -0.39 is 12.0 Å². The van der Waals surface area contributed by atoms with Crippen molar-refractivity contribution in [3.05, 3.63) is 58.1 Å². The molecule has 4 atom stereocenters. The Morgan fingerprint density at radius 3 is 2.75 bits per heavy atom. The van der Waals surface area contributed by atoms with Gasteiger partial charge in [-0.1, -0.05) is 41.8 Å². The molecule has 0 aromatic heterocycles. The van der Waals surface area contributed by atoms with Gasteiger partial charge < -0.3 is 14.9 Å². The van der Waals surface area contributed by atoms with E-state index in [4.69, 9.17) is 27.9 Å². The molecule has 1 saturated heterocycles. The van der Waals surface area contributed by atoms with E-state index in [9.17, 15) is 9.90 Å². The van der Waals surface area contributed by atoms with Crippen molar-refractivity contribution in [1.82, 2.24) is 5.43 Å². The molecule has 1 aliphatic heterocycles. The highest BCUT2D eigenvalue weighted by Crippen LogP contribution is 2.47. The number of carbonyl (C=O) groups is 1. The number of carboxylic acid groups (broad SMARTS) is 1. The van der Waals surface area contributed by atoms with Crippen LogP contribution in [0, 0.1) is 5.92 Å².